The first-order valence-corrected chi connectivity index (χ1v) is 7.54. The zero-order valence-electron chi connectivity index (χ0n) is 10.6. The van der Waals surface area contributed by atoms with Gasteiger partial charge in [-0.1, -0.05) is 12.1 Å². The van der Waals surface area contributed by atoms with Crippen molar-refractivity contribution in [2.24, 2.45) is 0 Å². The van der Waals surface area contributed by atoms with Crippen LogP contribution in [0.1, 0.15) is 17.4 Å². The molecule has 0 unspecified atom stereocenters. The number of benzene rings is 1. The highest BCUT2D eigenvalue weighted by molar-refractivity contribution is 7.86. The number of carbonyl (C=O) groups excluding carboxylic acids is 1. The summed E-state index contributed by atoms with van der Waals surface area (Å²) < 4.78 is 32.4. The van der Waals surface area contributed by atoms with Crippen molar-refractivity contribution < 1.29 is 22.1 Å². The van der Waals surface area contributed by atoms with Crippen LogP contribution < -0.4 is 0 Å². The van der Waals surface area contributed by atoms with Crippen molar-refractivity contribution in [1.82, 2.24) is 4.90 Å². The Morgan fingerprint density at radius 1 is 1.40 bits per heavy atom. The summed E-state index contributed by atoms with van der Waals surface area (Å²) in [4.78, 5) is 12.8. The Morgan fingerprint density at radius 3 is 2.50 bits per heavy atom. The Morgan fingerprint density at radius 2 is 2.05 bits per heavy atom. The first-order chi connectivity index (χ1) is 9.40. The topological polar surface area (TPSA) is 96.7 Å². The Labute approximate surface area is 116 Å². The molecule has 1 amide bonds. The second-order valence-corrected chi connectivity index (χ2v) is 5.79. The lowest BCUT2D eigenvalue weighted by molar-refractivity contribution is 0.0627. The SMILES string of the molecule is CS(=O)(=O)O[C@@H](c1ccc(C#N)cc1)N1CCOC1=O. The maximum atomic E-state index is 11.6. The second kappa shape index (κ2) is 5.48. The molecule has 1 atom stereocenters. The lowest BCUT2D eigenvalue weighted by atomic mass is 10.1. The van der Waals surface area contributed by atoms with E-state index in [4.69, 9.17) is 14.2 Å². The summed E-state index contributed by atoms with van der Waals surface area (Å²) in [6, 6.07) is 8.09. The predicted molar refractivity (Wildman–Crippen MR) is 67.9 cm³/mol. The Balaban J connectivity index is 2.34. The summed E-state index contributed by atoms with van der Waals surface area (Å²) in [5.41, 5.74) is 0.879. The second-order valence-electron chi connectivity index (χ2n) is 4.19. The van der Waals surface area contributed by atoms with Crippen LogP contribution in [0.2, 0.25) is 0 Å². The molecule has 0 aliphatic carbocycles. The summed E-state index contributed by atoms with van der Waals surface area (Å²) in [6.07, 6.45) is -0.818. The molecule has 0 aromatic heterocycles. The van der Waals surface area contributed by atoms with Gasteiger partial charge in [-0.15, -0.1) is 0 Å². The molecule has 1 heterocycles. The number of hydrogen-bond acceptors (Lipinski definition) is 6. The van der Waals surface area contributed by atoms with Crippen molar-refractivity contribution in [3.63, 3.8) is 0 Å². The van der Waals surface area contributed by atoms with Gasteiger partial charge >= 0.3 is 6.09 Å². The van der Waals surface area contributed by atoms with Crippen LogP contribution in [0.5, 0.6) is 0 Å². The minimum absolute atomic E-state index is 0.179. The summed E-state index contributed by atoms with van der Waals surface area (Å²) in [5, 5.41) is 8.75. The molecular formula is C12H12N2O5S. The molecule has 2 rings (SSSR count). The molecule has 0 bridgehead atoms. The molecule has 1 aliphatic heterocycles. The highest BCUT2D eigenvalue weighted by atomic mass is 32.2. The summed E-state index contributed by atoms with van der Waals surface area (Å²) >= 11 is 0. The standard InChI is InChI=1S/C12H12N2O5S/c1-20(16,17)19-11(14-6-7-18-12(14)15)10-4-2-9(8-13)3-5-10/h2-5,11H,6-7H2,1H3/t11-/m0/s1. The number of ether oxygens (including phenoxy) is 1. The molecule has 106 valence electrons. The minimum Gasteiger partial charge on any atom is -0.447 e. The van der Waals surface area contributed by atoms with Crippen LogP contribution in [0.25, 0.3) is 0 Å². The lowest BCUT2D eigenvalue weighted by Gasteiger charge is -2.24. The maximum Gasteiger partial charge on any atom is 0.412 e. The molecule has 1 saturated heterocycles. The molecule has 0 spiro atoms. The van der Waals surface area contributed by atoms with E-state index in [-0.39, 0.29) is 13.2 Å². The van der Waals surface area contributed by atoms with Crippen LogP contribution in [-0.4, -0.2) is 38.8 Å². The van der Waals surface area contributed by atoms with Crippen LogP contribution in [0.3, 0.4) is 0 Å². The lowest BCUT2D eigenvalue weighted by Crippen LogP contribution is -2.32. The van der Waals surface area contributed by atoms with Crippen LogP contribution in [0.4, 0.5) is 4.79 Å². The molecule has 1 aromatic rings. The molecule has 1 fully saturated rings. The van der Waals surface area contributed by atoms with Gasteiger partial charge in [0.2, 0.25) is 0 Å². The van der Waals surface area contributed by atoms with Crippen molar-refractivity contribution >= 4 is 16.2 Å². The molecule has 0 N–H and O–H groups in total. The maximum absolute atomic E-state index is 11.6. The Hall–Kier alpha value is -2.11. The first kappa shape index (κ1) is 14.3. The number of hydrogen-bond donors (Lipinski definition) is 0. The summed E-state index contributed by atoms with van der Waals surface area (Å²) in [7, 11) is -3.76. The van der Waals surface area contributed by atoms with E-state index >= 15 is 0 Å². The van der Waals surface area contributed by atoms with Crippen molar-refractivity contribution in [1.29, 1.82) is 5.26 Å². The molecule has 1 aliphatic rings. The fourth-order valence-corrected chi connectivity index (χ4v) is 2.34. The third-order valence-corrected chi connectivity index (χ3v) is 3.20. The molecule has 0 radical (unpaired) electrons. The highest BCUT2D eigenvalue weighted by Gasteiger charge is 2.33. The van der Waals surface area contributed by atoms with E-state index in [0.29, 0.717) is 11.1 Å². The highest BCUT2D eigenvalue weighted by Crippen LogP contribution is 2.27. The zero-order valence-corrected chi connectivity index (χ0v) is 11.5. The Bertz CT molecular complexity index is 647. The molecule has 1 aromatic carbocycles. The van der Waals surface area contributed by atoms with Crippen molar-refractivity contribution in [3.05, 3.63) is 35.4 Å². The number of nitriles is 1. The smallest absolute Gasteiger partial charge is 0.412 e. The van der Waals surface area contributed by atoms with Gasteiger partial charge in [0.1, 0.15) is 6.61 Å². The molecule has 7 nitrogen and oxygen atoms in total. The third kappa shape index (κ3) is 3.26. The molecule has 0 saturated carbocycles. The molecular weight excluding hydrogens is 284 g/mol. The number of amides is 1. The van der Waals surface area contributed by atoms with Crippen LogP contribution in [-0.2, 0) is 19.0 Å². The number of cyclic esters (lactones) is 1. The van der Waals surface area contributed by atoms with Gasteiger partial charge in [0.05, 0.1) is 24.4 Å². The fourth-order valence-electron chi connectivity index (χ4n) is 1.79. The first-order valence-electron chi connectivity index (χ1n) is 5.72. The van der Waals surface area contributed by atoms with E-state index in [1.54, 1.807) is 12.1 Å². The van der Waals surface area contributed by atoms with E-state index in [1.165, 1.54) is 17.0 Å². The quantitative estimate of drug-likeness (QED) is 0.768. The van der Waals surface area contributed by atoms with E-state index in [9.17, 15) is 13.2 Å². The largest absolute Gasteiger partial charge is 0.447 e. The van der Waals surface area contributed by atoms with Crippen molar-refractivity contribution in [3.8, 4) is 6.07 Å². The van der Waals surface area contributed by atoms with Gasteiger partial charge < -0.3 is 4.74 Å². The van der Waals surface area contributed by atoms with Gasteiger partial charge in [-0.2, -0.15) is 13.7 Å². The van der Waals surface area contributed by atoms with E-state index in [2.05, 4.69) is 0 Å². The van der Waals surface area contributed by atoms with Gasteiger partial charge in [-0.25, -0.2) is 8.98 Å². The van der Waals surface area contributed by atoms with Gasteiger partial charge in [0.25, 0.3) is 10.1 Å². The number of rotatable bonds is 4. The van der Waals surface area contributed by atoms with Gasteiger partial charge in [-0.3, -0.25) is 4.90 Å². The number of nitrogens with zero attached hydrogens (tertiary/aromatic N) is 2. The summed E-state index contributed by atoms with van der Waals surface area (Å²) in [5.74, 6) is 0. The monoisotopic (exact) mass is 296 g/mol. The van der Waals surface area contributed by atoms with Crippen molar-refractivity contribution in [2.75, 3.05) is 19.4 Å². The van der Waals surface area contributed by atoms with Gasteiger partial charge in [0.15, 0.2) is 6.23 Å². The van der Waals surface area contributed by atoms with Crippen molar-refractivity contribution in [2.45, 2.75) is 6.23 Å². The van der Waals surface area contributed by atoms with Crippen LogP contribution in [0.15, 0.2) is 24.3 Å². The van der Waals surface area contributed by atoms with Gasteiger partial charge in [0, 0.05) is 5.56 Å². The van der Waals surface area contributed by atoms with E-state index < -0.39 is 22.4 Å². The molecule has 20 heavy (non-hydrogen) atoms. The predicted octanol–water partition coefficient (Wildman–Crippen LogP) is 0.985. The van der Waals surface area contributed by atoms with Crippen LogP contribution >= 0.6 is 0 Å². The van der Waals surface area contributed by atoms with Gasteiger partial charge in [-0.05, 0) is 12.1 Å². The van der Waals surface area contributed by atoms with E-state index in [1.807, 2.05) is 6.07 Å². The fraction of sp³-hybridized carbons (Fsp3) is 0.333. The van der Waals surface area contributed by atoms with E-state index in [0.717, 1.165) is 6.26 Å². The molecule has 8 heteroatoms. The minimum atomic E-state index is -3.76. The average molecular weight is 296 g/mol. The number of carbonyl (C=O) groups is 1. The Kier molecular flexibility index (Phi) is 3.92. The average Bonchev–Trinajstić information content (AvgIpc) is 2.81. The van der Waals surface area contributed by atoms with Crippen LogP contribution in [0, 0.1) is 11.3 Å². The summed E-state index contributed by atoms with van der Waals surface area (Å²) in [6.45, 7) is 0.414. The zero-order chi connectivity index (χ0) is 14.8. The normalized spacial score (nSPS) is 16.6. The third-order valence-electron chi connectivity index (χ3n) is 2.67.